The minimum Gasteiger partial charge on any atom is -0.383 e. The van der Waals surface area contributed by atoms with Gasteiger partial charge in [0.2, 0.25) is 5.91 Å². The van der Waals surface area contributed by atoms with Crippen LogP contribution >= 0.6 is 11.6 Å². The topological polar surface area (TPSA) is 64.3 Å². The number of hydrogen-bond acceptors (Lipinski definition) is 3. The van der Waals surface area contributed by atoms with Crippen LogP contribution in [0.15, 0.2) is 24.3 Å². The molecule has 1 rings (SSSR count). The predicted octanol–water partition coefficient (Wildman–Crippen LogP) is 1.10. The van der Waals surface area contributed by atoms with E-state index in [4.69, 9.17) is 22.1 Å². The van der Waals surface area contributed by atoms with Crippen molar-refractivity contribution in [3.63, 3.8) is 0 Å². The number of carbonyl (C=O) groups is 1. The van der Waals surface area contributed by atoms with E-state index in [0.29, 0.717) is 18.2 Å². The number of primary amides is 1. The number of ether oxygens (including phenoxy) is 1. The number of rotatable bonds is 6. The molecule has 1 unspecified atom stereocenters. The summed E-state index contributed by atoms with van der Waals surface area (Å²) in [5.74, 6) is -0.432. The fourth-order valence-electron chi connectivity index (χ4n) is 1.37. The smallest absolute Gasteiger partial charge is 0.239 e. The Morgan fingerprint density at radius 3 is 2.94 bits per heavy atom. The van der Waals surface area contributed by atoms with Crippen LogP contribution in [0.1, 0.15) is 11.6 Å². The second-order valence-electron chi connectivity index (χ2n) is 3.34. The molecule has 0 heterocycles. The molecule has 0 aromatic heterocycles. The van der Waals surface area contributed by atoms with Gasteiger partial charge in [0, 0.05) is 18.7 Å². The summed E-state index contributed by atoms with van der Waals surface area (Å²) in [6, 6.07) is 6.52. The van der Waals surface area contributed by atoms with Crippen LogP contribution in [0, 0.1) is 0 Å². The second-order valence-corrected chi connectivity index (χ2v) is 3.77. The molecule has 1 aromatic carbocycles. The molecule has 0 aliphatic carbocycles. The normalized spacial score (nSPS) is 12.4. The Hall–Kier alpha value is -1.10. The molecule has 4 nitrogen and oxygen atoms in total. The Morgan fingerprint density at radius 1 is 1.62 bits per heavy atom. The number of halogens is 1. The molecule has 1 amide bonds. The minimum absolute atomic E-state index is 0.432. The van der Waals surface area contributed by atoms with E-state index < -0.39 is 11.9 Å². The third kappa shape index (κ3) is 3.81. The van der Waals surface area contributed by atoms with Crippen LogP contribution < -0.4 is 11.1 Å². The third-order valence-corrected chi connectivity index (χ3v) is 2.36. The first-order chi connectivity index (χ1) is 7.65. The quantitative estimate of drug-likeness (QED) is 0.735. The van der Waals surface area contributed by atoms with Gasteiger partial charge in [-0.2, -0.15) is 0 Å². The zero-order valence-electron chi connectivity index (χ0n) is 9.07. The molecular formula is C11H15ClN2O2. The van der Waals surface area contributed by atoms with Crippen molar-refractivity contribution in [1.82, 2.24) is 5.32 Å². The number of carbonyl (C=O) groups excluding carboxylic acids is 1. The first kappa shape index (κ1) is 13.0. The van der Waals surface area contributed by atoms with Crippen molar-refractivity contribution in [2.75, 3.05) is 20.3 Å². The monoisotopic (exact) mass is 242 g/mol. The van der Waals surface area contributed by atoms with E-state index in [1.807, 2.05) is 0 Å². The zero-order valence-corrected chi connectivity index (χ0v) is 9.83. The highest BCUT2D eigenvalue weighted by Gasteiger charge is 2.16. The zero-order chi connectivity index (χ0) is 12.0. The Balaban J connectivity index is 2.73. The summed E-state index contributed by atoms with van der Waals surface area (Å²) in [5, 5.41) is 3.59. The first-order valence-electron chi connectivity index (χ1n) is 4.92. The van der Waals surface area contributed by atoms with Crippen LogP contribution in [-0.4, -0.2) is 26.2 Å². The molecule has 3 N–H and O–H groups in total. The van der Waals surface area contributed by atoms with Crippen molar-refractivity contribution in [1.29, 1.82) is 0 Å². The summed E-state index contributed by atoms with van der Waals surface area (Å²) in [6.07, 6.45) is 0. The van der Waals surface area contributed by atoms with Crippen LogP contribution in [-0.2, 0) is 9.53 Å². The Kier molecular flexibility index (Phi) is 5.25. The van der Waals surface area contributed by atoms with Gasteiger partial charge >= 0.3 is 0 Å². The number of nitrogens with two attached hydrogens (primary N) is 1. The van der Waals surface area contributed by atoms with E-state index in [2.05, 4.69) is 5.32 Å². The Morgan fingerprint density at radius 2 is 2.38 bits per heavy atom. The van der Waals surface area contributed by atoms with E-state index >= 15 is 0 Å². The largest absolute Gasteiger partial charge is 0.383 e. The minimum atomic E-state index is -0.533. The lowest BCUT2D eigenvalue weighted by Crippen LogP contribution is -2.35. The molecule has 0 bridgehead atoms. The highest BCUT2D eigenvalue weighted by Crippen LogP contribution is 2.17. The maximum Gasteiger partial charge on any atom is 0.239 e. The average Bonchev–Trinajstić information content (AvgIpc) is 2.24. The number of benzene rings is 1. The molecule has 0 spiro atoms. The molecule has 0 radical (unpaired) electrons. The molecule has 5 heteroatoms. The summed E-state index contributed by atoms with van der Waals surface area (Å²) in [6.45, 7) is 1.07. The molecule has 1 atom stereocenters. The lowest BCUT2D eigenvalue weighted by atomic mass is 10.1. The second kappa shape index (κ2) is 6.48. The third-order valence-electron chi connectivity index (χ3n) is 2.12. The van der Waals surface area contributed by atoms with Crippen LogP contribution in [0.3, 0.4) is 0 Å². The first-order valence-corrected chi connectivity index (χ1v) is 5.30. The van der Waals surface area contributed by atoms with Gasteiger partial charge in [0.05, 0.1) is 6.61 Å². The van der Waals surface area contributed by atoms with Crippen molar-refractivity contribution in [3.05, 3.63) is 34.9 Å². The van der Waals surface area contributed by atoms with Gasteiger partial charge in [-0.1, -0.05) is 23.7 Å². The molecule has 0 saturated carbocycles. The van der Waals surface area contributed by atoms with Crippen molar-refractivity contribution >= 4 is 17.5 Å². The summed E-state index contributed by atoms with van der Waals surface area (Å²) >= 11 is 5.85. The highest BCUT2D eigenvalue weighted by molar-refractivity contribution is 6.30. The van der Waals surface area contributed by atoms with E-state index in [9.17, 15) is 4.79 Å². The van der Waals surface area contributed by atoms with Crippen molar-refractivity contribution in [2.24, 2.45) is 5.73 Å². The number of nitrogens with one attached hydrogen (secondary N) is 1. The van der Waals surface area contributed by atoms with Gasteiger partial charge in [-0.05, 0) is 17.7 Å². The molecule has 0 saturated heterocycles. The van der Waals surface area contributed by atoms with E-state index in [1.165, 1.54) is 0 Å². The molecule has 1 aromatic rings. The van der Waals surface area contributed by atoms with Gasteiger partial charge in [-0.3, -0.25) is 10.1 Å². The number of hydrogen-bond donors (Lipinski definition) is 2. The lowest BCUT2D eigenvalue weighted by Gasteiger charge is -2.15. The SMILES string of the molecule is COCCNC(C(N)=O)c1cccc(Cl)c1. The van der Waals surface area contributed by atoms with Crippen molar-refractivity contribution in [2.45, 2.75) is 6.04 Å². The maximum atomic E-state index is 11.3. The van der Waals surface area contributed by atoms with Gasteiger partial charge in [0.15, 0.2) is 0 Å². The van der Waals surface area contributed by atoms with Crippen LogP contribution in [0.2, 0.25) is 5.02 Å². The average molecular weight is 243 g/mol. The van der Waals surface area contributed by atoms with E-state index in [-0.39, 0.29) is 0 Å². The van der Waals surface area contributed by atoms with Crippen LogP contribution in [0.25, 0.3) is 0 Å². The molecule has 0 aliphatic rings. The highest BCUT2D eigenvalue weighted by atomic mass is 35.5. The Bertz CT molecular complexity index is 358. The van der Waals surface area contributed by atoms with Gasteiger partial charge in [-0.25, -0.2) is 0 Å². The maximum absolute atomic E-state index is 11.3. The molecular weight excluding hydrogens is 228 g/mol. The van der Waals surface area contributed by atoms with E-state index in [0.717, 1.165) is 5.56 Å². The Labute approximate surface area is 99.7 Å². The van der Waals surface area contributed by atoms with Crippen molar-refractivity contribution in [3.8, 4) is 0 Å². The van der Waals surface area contributed by atoms with E-state index in [1.54, 1.807) is 31.4 Å². The van der Waals surface area contributed by atoms with Crippen LogP contribution in [0.4, 0.5) is 0 Å². The standard InChI is InChI=1S/C11H15ClN2O2/c1-16-6-5-14-10(11(13)15)8-3-2-4-9(12)7-8/h2-4,7,10,14H,5-6H2,1H3,(H2,13,15). The predicted molar refractivity (Wildman–Crippen MR) is 63.3 cm³/mol. The fourth-order valence-corrected chi connectivity index (χ4v) is 1.57. The van der Waals surface area contributed by atoms with Gasteiger partial charge in [0.1, 0.15) is 6.04 Å². The molecule has 16 heavy (non-hydrogen) atoms. The molecule has 0 aliphatic heterocycles. The van der Waals surface area contributed by atoms with Crippen LogP contribution in [0.5, 0.6) is 0 Å². The number of amides is 1. The molecule has 88 valence electrons. The number of methoxy groups -OCH3 is 1. The van der Waals surface area contributed by atoms with Gasteiger partial charge in [0.25, 0.3) is 0 Å². The lowest BCUT2D eigenvalue weighted by molar-refractivity contribution is -0.120. The van der Waals surface area contributed by atoms with Crippen molar-refractivity contribution < 1.29 is 9.53 Å². The summed E-state index contributed by atoms with van der Waals surface area (Å²) < 4.78 is 4.89. The molecule has 0 fully saturated rings. The fraction of sp³-hybridized carbons (Fsp3) is 0.364. The summed E-state index contributed by atoms with van der Waals surface area (Å²) in [7, 11) is 1.60. The summed E-state index contributed by atoms with van der Waals surface area (Å²) in [5.41, 5.74) is 6.08. The van der Waals surface area contributed by atoms with Gasteiger partial charge in [-0.15, -0.1) is 0 Å². The van der Waals surface area contributed by atoms with Gasteiger partial charge < -0.3 is 10.5 Å². The summed E-state index contributed by atoms with van der Waals surface area (Å²) in [4.78, 5) is 11.3.